The number of fused-ring (bicyclic) bond motifs is 6. The Kier molecular flexibility index (Phi) is 2.02. The van der Waals surface area contributed by atoms with E-state index in [2.05, 4.69) is 72.8 Å². The summed E-state index contributed by atoms with van der Waals surface area (Å²) in [6.45, 7) is 4.36. The zero-order chi connectivity index (χ0) is 13.0. The fraction of sp³-hybridized carbons (Fsp3) is 0.111. The summed E-state index contributed by atoms with van der Waals surface area (Å²) >= 11 is 0. The summed E-state index contributed by atoms with van der Waals surface area (Å²) in [6, 6.07) is 19.7. The lowest BCUT2D eigenvalue weighted by Crippen LogP contribution is -1.94. The molecule has 1 heteroatoms. The number of hydrogen-bond donors (Lipinski definition) is 0. The molecule has 92 valence electrons. The normalized spacial score (nSPS) is 11.7. The molecule has 0 N–H and O–H groups in total. The molecule has 0 unspecified atom stereocenters. The molecular weight excluding hydrogens is 230 g/mol. The maximum Gasteiger partial charge on any atom is 0.0566 e. The van der Waals surface area contributed by atoms with Crippen LogP contribution in [0.3, 0.4) is 0 Å². The van der Waals surface area contributed by atoms with E-state index < -0.39 is 0 Å². The average molecular weight is 245 g/mol. The molecule has 0 amide bonds. The first-order valence-electron chi connectivity index (χ1n) is 6.65. The quantitative estimate of drug-likeness (QED) is 0.390. The SMILES string of the molecule is Cc1cccc2c3ccccc3c3ccc(C)n3c12. The number of para-hydroxylation sites is 1. The number of rotatable bonds is 0. The van der Waals surface area contributed by atoms with E-state index in [1.807, 2.05) is 0 Å². The molecule has 0 aliphatic rings. The zero-order valence-corrected chi connectivity index (χ0v) is 11.1. The Hall–Kier alpha value is -2.28. The monoisotopic (exact) mass is 245 g/mol. The summed E-state index contributed by atoms with van der Waals surface area (Å²) in [5.74, 6) is 0. The molecule has 0 saturated heterocycles. The number of aryl methyl sites for hydroxylation is 2. The van der Waals surface area contributed by atoms with Crippen LogP contribution in [-0.4, -0.2) is 4.40 Å². The predicted molar refractivity (Wildman–Crippen MR) is 81.9 cm³/mol. The van der Waals surface area contributed by atoms with Crippen LogP contribution in [0.4, 0.5) is 0 Å². The van der Waals surface area contributed by atoms with Gasteiger partial charge in [0.2, 0.25) is 0 Å². The predicted octanol–water partition coefficient (Wildman–Crippen LogP) is 4.86. The van der Waals surface area contributed by atoms with Crippen molar-refractivity contribution in [2.24, 2.45) is 0 Å². The van der Waals surface area contributed by atoms with Crippen LogP contribution >= 0.6 is 0 Å². The minimum atomic E-state index is 1.29. The van der Waals surface area contributed by atoms with Crippen molar-refractivity contribution in [2.75, 3.05) is 0 Å². The number of benzene rings is 2. The largest absolute Gasteiger partial charge is 0.313 e. The summed E-state index contributed by atoms with van der Waals surface area (Å²) in [6.07, 6.45) is 0. The lowest BCUT2D eigenvalue weighted by atomic mass is 10.0. The van der Waals surface area contributed by atoms with Gasteiger partial charge in [0.25, 0.3) is 0 Å². The summed E-state index contributed by atoms with van der Waals surface area (Å²) < 4.78 is 2.38. The van der Waals surface area contributed by atoms with Crippen LogP contribution in [0, 0.1) is 13.8 Å². The van der Waals surface area contributed by atoms with Crippen molar-refractivity contribution < 1.29 is 0 Å². The van der Waals surface area contributed by atoms with Gasteiger partial charge in [-0.2, -0.15) is 0 Å². The van der Waals surface area contributed by atoms with Crippen molar-refractivity contribution in [1.82, 2.24) is 4.40 Å². The van der Waals surface area contributed by atoms with Gasteiger partial charge in [0, 0.05) is 16.5 Å². The second-order valence-electron chi connectivity index (χ2n) is 5.21. The van der Waals surface area contributed by atoms with Crippen molar-refractivity contribution in [2.45, 2.75) is 13.8 Å². The van der Waals surface area contributed by atoms with Gasteiger partial charge in [0.05, 0.1) is 11.0 Å². The highest BCUT2D eigenvalue weighted by atomic mass is 14.9. The Morgan fingerprint density at radius 3 is 2.26 bits per heavy atom. The van der Waals surface area contributed by atoms with Gasteiger partial charge in [-0.25, -0.2) is 0 Å². The second-order valence-corrected chi connectivity index (χ2v) is 5.21. The molecule has 0 aliphatic carbocycles. The molecule has 2 heterocycles. The Labute approximate surface area is 112 Å². The molecule has 4 aromatic rings. The highest BCUT2D eigenvalue weighted by Gasteiger charge is 2.10. The fourth-order valence-electron chi connectivity index (χ4n) is 3.16. The van der Waals surface area contributed by atoms with Gasteiger partial charge in [-0.1, -0.05) is 42.5 Å². The van der Waals surface area contributed by atoms with Crippen LogP contribution in [0.25, 0.3) is 27.2 Å². The summed E-state index contributed by atoms with van der Waals surface area (Å²) in [7, 11) is 0. The zero-order valence-electron chi connectivity index (χ0n) is 11.1. The van der Waals surface area contributed by atoms with Crippen molar-refractivity contribution in [3.63, 3.8) is 0 Å². The van der Waals surface area contributed by atoms with Crippen LogP contribution in [0.15, 0.2) is 54.6 Å². The Morgan fingerprint density at radius 1 is 0.684 bits per heavy atom. The molecule has 0 fully saturated rings. The number of hydrogen-bond acceptors (Lipinski definition) is 0. The van der Waals surface area contributed by atoms with E-state index in [1.54, 1.807) is 0 Å². The standard InChI is InChI=1S/C18H15N/c1-12-6-5-9-16-14-7-3-4-8-15(14)17-11-10-13(2)19(17)18(12)16/h3-11H,1-2H3. The third-order valence-electron chi connectivity index (χ3n) is 4.03. The lowest BCUT2D eigenvalue weighted by molar-refractivity contribution is 1.16. The van der Waals surface area contributed by atoms with Gasteiger partial charge < -0.3 is 4.40 Å². The number of aromatic nitrogens is 1. The molecule has 0 aliphatic heterocycles. The average Bonchev–Trinajstić information content (AvgIpc) is 2.82. The maximum absolute atomic E-state index is 2.38. The molecule has 4 rings (SSSR count). The third kappa shape index (κ3) is 1.30. The van der Waals surface area contributed by atoms with Crippen molar-refractivity contribution in [1.29, 1.82) is 0 Å². The van der Waals surface area contributed by atoms with Gasteiger partial charge in [0.1, 0.15) is 0 Å². The van der Waals surface area contributed by atoms with E-state index in [4.69, 9.17) is 0 Å². The van der Waals surface area contributed by atoms with E-state index in [9.17, 15) is 0 Å². The van der Waals surface area contributed by atoms with E-state index in [0.717, 1.165) is 0 Å². The Morgan fingerprint density at radius 2 is 1.42 bits per heavy atom. The van der Waals surface area contributed by atoms with Crippen LogP contribution in [0.5, 0.6) is 0 Å². The van der Waals surface area contributed by atoms with Crippen molar-refractivity contribution >= 4 is 27.2 Å². The molecule has 2 aromatic carbocycles. The fourth-order valence-corrected chi connectivity index (χ4v) is 3.16. The van der Waals surface area contributed by atoms with Gasteiger partial charge in [0.15, 0.2) is 0 Å². The van der Waals surface area contributed by atoms with Crippen LogP contribution in [-0.2, 0) is 0 Å². The lowest BCUT2D eigenvalue weighted by Gasteiger charge is -2.12. The molecule has 0 spiro atoms. The first-order chi connectivity index (χ1) is 9.27. The van der Waals surface area contributed by atoms with Crippen molar-refractivity contribution in [3.05, 3.63) is 65.9 Å². The van der Waals surface area contributed by atoms with Crippen LogP contribution in [0.1, 0.15) is 11.3 Å². The highest BCUT2D eigenvalue weighted by Crippen LogP contribution is 2.32. The van der Waals surface area contributed by atoms with Crippen LogP contribution in [0.2, 0.25) is 0 Å². The van der Waals surface area contributed by atoms with Gasteiger partial charge in [-0.3, -0.25) is 0 Å². The van der Waals surface area contributed by atoms with E-state index in [0.29, 0.717) is 0 Å². The summed E-state index contributed by atoms with van der Waals surface area (Å²) in [5.41, 5.74) is 5.25. The highest BCUT2D eigenvalue weighted by molar-refractivity contribution is 6.13. The molecule has 0 bridgehead atoms. The molecule has 0 atom stereocenters. The summed E-state index contributed by atoms with van der Waals surface area (Å²) in [4.78, 5) is 0. The Bertz CT molecular complexity index is 929. The first-order valence-corrected chi connectivity index (χ1v) is 6.65. The number of nitrogens with zero attached hydrogens (tertiary/aromatic N) is 1. The van der Waals surface area contributed by atoms with E-state index in [-0.39, 0.29) is 0 Å². The minimum Gasteiger partial charge on any atom is -0.313 e. The van der Waals surface area contributed by atoms with Crippen molar-refractivity contribution in [3.8, 4) is 0 Å². The first kappa shape index (κ1) is 10.6. The third-order valence-corrected chi connectivity index (χ3v) is 4.03. The Balaban J connectivity index is 2.49. The molecule has 1 nitrogen and oxygen atoms in total. The molecular formula is C18H15N. The number of pyridine rings is 1. The van der Waals surface area contributed by atoms with E-state index in [1.165, 1.54) is 38.4 Å². The van der Waals surface area contributed by atoms with E-state index >= 15 is 0 Å². The van der Waals surface area contributed by atoms with Crippen LogP contribution < -0.4 is 0 Å². The van der Waals surface area contributed by atoms with Gasteiger partial charge >= 0.3 is 0 Å². The van der Waals surface area contributed by atoms with Gasteiger partial charge in [-0.05, 0) is 36.9 Å². The molecule has 0 radical (unpaired) electrons. The van der Waals surface area contributed by atoms with Gasteiger partial charge in [-0.15, -0.1) is 0 Å². The second kappa shape index (κ2) is 3.61. The molecule has 0 saturated carbocycles. The molecule has 19 heavy (non-hydrogen) atoms. The smallest absolute Gasteiger partial charge is 0.0566 e. The summed E-state index contributed by atoms with van der Waals surface area (Å²) in [5, 5.41) is 4.00. The molecule has 2 aromatic heterocycles. The minimum absolute atomic E-state index is 1.29. The maximum atomic E-state index is 2.38. The topological polar surface area (TPSA) is 4.41 Å².